The number of benzene rings is 2. The summed E-state index contributed by atoms with van der Waals surface area (Å²) in [6, 6.07) is 14.0. The summed E-state index contributed by atoms with van der Waals surface area (Å²) < 4.78 is 1.25. The summed E-state index contributed by atoms with van der Waals surface area (Å²) in [6.07, 6.45) is 0.874. The Hall–Kier alpha value is -3.49. The van der Waals surface area contributed by atoms with Gasteiger partial charge in [-0.2, -0.15) is 4.68 Å². The average molecular weight is 501 g/mol. The van der Waals surface area contributed by atoms with E-state index < -0.39 is 0 Å². The van der Waals surface area contributed by atoms with E-state index >= 15 is 0 Å². The van der Waals surface area contributed by atoms with Crippen LogP contribution >= 0.6 is 0 Å². The highest BCUT2D eigenvalue weighted by Gasteiger charge is 2.34. The maximum Gasteiger partial charge on any atom is 0.277 e. The highest BCUT2D eigenvalue weighted by molar-refractivity contribution is 6.09. The van der Waals surface area contributed by atoms with Gasteiger partial charge in [0.15, 0.2) is 0 Å². The second-order valence-corrected chi connectivity index (χ2v) is 10.3. The largest absolute Gasteiger partial charge is 0.382 e. The molecule has 0 bridgehead atoms. The zero-order chi connectivity index (χ0) is 26.1. The lowest BCUT2D eigenvalue weighted by Gasteiger charge is -2.35. The fraction of sp³-hybridized carbons (Fsp3) is 0.414. The van der Waals surface area contributed by atoms with E-state index in [9.17, 15) is 9.59 Å². The van der Waals surface area contributed by atoms with Crippen LogP contribution in [0.5, 0.6) is 0 Å². The van der Waals surface area contributed by atoms with Gasteiger partial charge in [-0.15, -0.1) is 5.10 Å². The zero-order valence-electron chi connectivity index (χ0n) is 22.0. The number of anilines is 2. The normalized spacial score (nSPS) is 16.7. The number of nitrogen functional groups attached to an aromatic ring is 1. The van der Waals surface area contributed by atoms with Gasteiger partial charge in [-0.1, -0.05) is 35.9 Å². The van der Waals surface area contributed by atoms with Gasteiger partial charge in [0, 0.05) is 63.5 Å². The Kier molecular flexibility index (Phi) is 7.13. The molecule has 0 unspecified atom stereocenters. The van der Waals surface area contributed by atoms with E-state index in [0.29, 0.717) is 37.2 Å². The molecule has 0 spiro atoms. The van der Waals surface area contributed by atoms with E-state index in [1.807, 2.05) is 30.3 Å². The van der Waals surface area contributed by atoms with Gasteiger partial charge < -0.3 is 15.5 Å². The highest BCUT2D eigenvalue weighted by atomic mass is 16.2. The minimum absolute atomic E-state index is 0.190. The maximum atomic E-state index is 13.4. The van der Waals surface area contributed by atoms with Crippen LogP contribution in [0.2, 0.25) is 0 Å². The number of aromatic nitrogens is 2. The summed E-state index contributed by atoms with van der Waals surface area (Å²) in [7, 11) is 0. The van der Waals surface area contributed by atoms with Crippen LogP contribution in [-0.4, -0.2) is 70.7 Å². The predicted octanol–water partition coefficient (Wildman–Crippen LogP) is 3.44. The number of nitrogens with zero attached hydrogens (tertiary/aromatic N) is 5. The molecule has 2 aliphatic heterocycles. The van der Waals surface area contributed by atoms with Crippen LogP contribution in [0.1, 0.15) is 49.5 Å². The fourth-order valence-corrected chi connectivity index (χ4v) is 5.63. The lowest BCUT2D eigenvalue weighted by atomic mass is 9.99. The summed E-state index contributed by atoms with van der Waals surface area (Å²) in [6.45, 7) is 12.4. The third kappa shape index (κ3) is 5.17. The van der Waals surface area contributed by atoms with Crippen molar-refractivity contribution in [1.29, 1.82) is 0 Å². The van der Waals surface area contributed by atoms with E-state index in [0.717, 1.165) is 38.4 Å². The van der Waals surface area contributed by atoms with Crippen molar-refractivity contribution in [2.45, 2.75) is 40.2 Å². The second-order valence-electron chi connectivity index (χ2n) is 10.3. The molecule has 1 fully saturated rings. The molecule has 2 aliphatic rings. The number of rotatable bonds is 6. The van der Waals surface area contributed by atoms with Gasteiger partial charge in [-0.25, -0.2) is 0 Å². The fourth-order valence-electron chi connectivity index (χ4n) is 5.63. The van der Waals surface area contributed by atoms with Gasteiger partial charge in [-0.05, 0) is 56.0 Å². The summed E-state index contributed by atoms with van der Waals surface area (Å²) in [5.74, 6) is -0.135. The van der Waals surface area contributed by atoms with Crippen LogP contribution in [0.15, 0.2) is 42.5 Å². The number of aryl methyl sites for hydroxylation is 3. The van der Waals surface area contributed by atoms with Crippen molar-refractivity contribution >= 4 is 23.3 Å². The number of carbonyl (C=O) groups excluding carboxylic acids is 2. The van der Waals surface area contributed by atoms with Gasteiger partial charge in [-0.3, -0.25) is 14.5 Å². The molecule has 8 nitrogen and oxygen atoms in total. The van der Waals surface area contributed by atoms with Crippen molar-refractivity contribution in [3.8, 4) is 0 Å². The predicted molar refractivity (Wildman–Crippen MR) is 146 cm³/mol. The molecular weight excluding hydrogens is 464 g/mol. The Labute approximate surface area is 218 Å². The van der Waals surface area contributed by atoms with Crippen molar-refractivity contribution in [1.82, 2.24) is 19.6 Å². The Bertz CT molecular complexity index is 1280. The molecule has 8 heteroatoms. The Morgan fingerprint density at radius 3 is 2.27 bits per heavy atom. The Morgan fingerprint density at radius 1 is 0.946 bits per heavy atom. The third-order valence-corrected chi connectivity index (χ3v) is 7.68. The third-order valence-electron chi connectivity index (χ3n) is 7.68. The van der Waals surface area contributed by atoms with Crippen LogP contribution < -0.4 is 10.6 Å². The molecule has 0 radical (unpaired) electrons. The standard InChI is InChI=1S/C29H36N6O2/c1-20-17-21(2)25(22(3)18-20)19-33-15-13-32(14-16-33)11-10-26(36)35-27-24(28(30)31-35)9-12-34(29(27)37)23-7-5-4-6-8-23/h4-8,17-18H,9-16,19H2,1-3H3,(H2,30,31). The molecule has 1 aromatic heterocycles. The minimum atomic E-state index is -0.222. The van der Waals surface area contributed by atoms with E-state index in [1.165, 1.54) is 26.9 Å². The van der Waals surface area contributed by atoms with Gasteiger partial charge >= 0.3 is 0 Å². The molecule has 2 N–H and O–H groups in total. The lowest BCUT2D eigenvalue weighted by Crippen LogP contribution is -2.46. The van der Waals surface area contributed by atoms with E-state index in [-0.39, 0.29) is 17.6 Å². The SMILES string of the molecule is Cc1cc(C)c(CN2CCN(CCC(=O)n3nc(N)c4c3C(=O)N(c3ccccc3)CC4)CC2)c(C)c1. The number of para-hydroxylation sites is 1. The van der Waals surface area contributed by atoms with Gasteiger partial charge in [0.05, 0.1) is 0 Å². The number of piperazine rings is 1. The van der Waals surface area contributed by atoms with Crippen LogP contribution in [0.3, 0.4) is 0 Å². The van der Waals surface area contributed by atoms with Crippen molar-refractivity contribution in [2.24, 2.45) is 0 Å². The monoisotopic (exact) mass is 500 g/mol. The highest BCUT2D eigenvalue weighted by Crippen LogP contribution is 2.28. The van der Waals surface area contributed by atoms with Crippen LogP contribution in [0.25, 0.3) is 0 Å². The number of nitrogens with two attached hydrogens (primary N) is 1. The van der Waals surface area contributed by atoms with Crippen LogP contribution in [0.4, 0.5) is 11.5 Å². The first kappa shape index (κ1) is 25.2. The van der Waals surface area contributed by atoms with Crippen molar-refractivity contribution in [3.05, 3.63) is 76.0 Å². The molecular formula is C29H36N6O2. The Morgan fingerprint density at radius 2 is 1.59 bits per heavy atom. The molecule has 37 heavy (non-hydrogen) atoms. The first-order valence-electron chi connectivity index (χ1n) is 13.1. The molecule has 0 saturated carbocycles. The van der Waals surface area contributed by atoms with E-state index in [2.05, 4.69) is 47.8 Å². The van der Waals surface area contributed by atoms with Crippen molar-refractivity contribution in [3.63, 3.8) is 0 Å². The molecule has 194 valence electrons. The maximum absolute atomic E-state index is 13.4. The molecule has 5 rings (SSSR count). The number of amides is 1. The number of fused-ring (bicyclic) bond motifs is 1. The quantitative estimate of drug-likeness (QED) is 0.558. The second kappa shape index (κ2) is 10.5. The van der Waals surface area contributed by atoms with Crippen molar-refractivity contribution in [2.75, 3.05) is 49.9 Å². The first-order chi connectivity index (χ1) is 17.8. The zero-order valence-corrected chi connectivity index (χ0v) is 22.0. The minimum Gasteiger partial charge on any atom is -0.382 e. The van der Waals surface area contributed by atoms with Crippen molar-refractivity contribution < 1.29 is 9.59 Å². The summed E-state index contributed by atoms with van der Waals surface area (Å²) >= 11 is 0. The lowest BCUT2D eigenvalue weighted by molar-refractivity contribution is 0.0812. The molecule has 1 amide bonds. The molecule has 3 aromatic rings. The number of hydrogen-bond donors (Lipinski definition) is 1. The summed E-state index contributed by atoms with van der Waals surface area (Å²) in [5.41, 5.74) is 13.4. The molecule has 2 aromatic carbocycles. The number of hydrogen-bond acceptors (Lipinski definition) is 6. The van der Waals surface area contributed by atoms with E-state index in [1.54, 1.807) is 4.90 Å². The summed E-state index contributed by atoms with van der Waals surface area (Å²) in [5, 5.41) is 4.29. The molecule has 3 heterocycles. The van der Waals surface area contributed by atoms with E-state index in [4.69, 9.17) is 5.73 Å². The van der Waals surface area contributed by atoms with Gasteiger partial charge in [0.25, 0.3) is 5.91 Å². The van der Waals surface area contributed by atoms with Gasteiger partial charge in [0.1, 0.15) is 11.5 Å². The molecule has 0 aliphatic carbocycles. The Balaban J connectivity index is 1.19. The number of carbonyl (C=O) groups is 2. The van der Waals surface area contributed by atoms with Gasteiger partial charge in [0.2, 0.25) is 5.91 Å². The molecule has 0 atom stereocenters. The van der Waals surface area contributed by atoms with Crippen LogP contribution in [0, 0.1) is 20.8 Å². The topological polar surface area (TPSA) is 87.7 Å². The van der Waals surface area contributed by atoms with Crippen LogP contribution in [-0.2, 0) is 13.0 Å². The first-order valence-corrected chi connectivity index (χ1v) is 13.1. The molecule has 1 saturated heterocycles. The average Bonchev–Trinajstić information content (AvgIpc) is 3.23. The smallest absolute Gasteiger partial charge is 0.277 e. The summed E-state index contributed by atoms with van der Waals surface area (Å²) in [4.78, 5) is 33.1.